The lowest BCUT2D eigenvalue weighted by atomic mass is 9.46. The fraction of sp³-hybridized carbons (Fsp3) is 0.929. The SMILES string of the molecule is CC[C](C)C12CC3CC(CC(C3)C1)C2. The van der Waals surface area contributed by atoms with E-state index in [0.29, 0.717) is 0 Å². The molecule has 4 aliphatic rings. The molecule has 4 rings (SSSR count). The van der Waals surface area contributed by atoms with E-state index in [4.69, 9.17) is 0 Å². The Bertz CT molecular complexity index is 193. The third-order valence-electron chi connectivity index (χ3n) is 5.47. The highest BCUT2D eigenvalue weighted by molar-refractivity contribution is 5.12. The minimum absolute atomic E-state index is 0.726. The van der Waals surface area contributed by atoms with Gasteiger partial charge in [-0.2, -0.15) is 0 Å². The summed E-state index contributed by atoms with van der Waals surface area (Å²) in [5.74, 6) is 5.17. The lowest BCUT2D eigenvalue weighted by Gasteiger charge is -2.59. The molecular formula is C14H23. The van der Waals surface area contributed by atoms with Crippen molar-refractivity contribution >= 4 is 0 Å². The smallest absolute Gasteiger partial charge is 0.0213 e. The van der Waals surface area contributed by atoms with Gasteiger partial charge in [0.2, 0.25) is 0 Å². The summed E-state index contributed by atoms with van der Waals surface area (Å²) in [7, 11) is 0. The molecule has 0 nitrogen and oxygen atoms in total. The van der Waals surface area contributed by atoms with Crippen LogP contribution in [0, 0.1) is 29.1 Å². The first-order valence-electron chi connectivity index (χ1n) is 6.55. The van der Waals surface area contributed by atoms with Gasteiger partial charge in [-0.1, -0.05) is 13.8 Å². The topological polar surface area (TPSA) is 0 Å². The van der Waals surface area contributed by atoms with Crippen molar-refractivity contribution < 1.29 is 0 Å². The van der Waals surface area contributed by atoms with E-state index in [0.717, 1.165) is 23.2 Å². The summed E-state index contributed by atoms with van der Waals surface area (Å²) in [6.07, 6.45) is 10.7. The second-order valence-electron chi connectivity index (χ2n) is 6.33. The van der Waals surface area contributed by atoms with Crippen molar-refractivity contribution in [1.29, 1.82) is 0 Å². The van der Waals surface area contributed by atoms with Gasteiger partial charge in [0.15, 0.2) is 0 Å². The quantitative estimate of drug-likeness (QED) is 0.613. The van der Waals surface area contributed by atoms with Crippen LogP contribution < -0.4 is 0 Å². The third kappa shape index (κ3) is 1.19. The number of hydrogen-bond acceptors (Lipinski definition) is 0. The Hall–Kier alpha value is 0. The van der Waals surface area contributed by atoms with Crippen molar-refractivity contribution in [3.05, 3.63) is 5.92 Å². The largest absolute Gasteiger partial charge is 0.0648 e. The van der Waals surface area contributed by atoms with E-state index in [9.17, 15) is 0 Å². The van der Waals surface area contributed by atoms with E-state index in [1.165, 1.54) is 6.42 Å². The van der Waals surface area contributed by atoms with E-state index in [1.807, 2.05) is 5.92 Å². The molecule has 0 aromatic carbocycles. The molecule has 0 aliphatic heterocycles. The van der Waals surface area contributed by atoms with E-state index < -0.39 is 0 Å². The molecule has 0 spiro atoms. The molecule has 14 heavy (non-hydrogen) atoms. The molecule has 79 valence electrons. The third-order valence-corrected chi connectivity index (χ3v) is 5.47. The van der Waals surface area contributed by atoms with E-state index in [2.05, 4.69) is 13.8 Å². The van der Waals surface area contributed by atoms with Crippen LogP contribution in [0.15, 0.2) is 0 Å². The molecule has 0 aromatic heterocycles. The molecule has 0 saturated heterocycles. The standard InChI is InChI=1S/C14H23/c1-3-10(2)14-7-11-4-12(8-14)6-13(5-11)9-14/h11-13H,3-9H2,1-2H3. The minimum atomic E-state index is 0.726. The summed E-state index contributed by atoms with van der Waals surface area (Å²) >= 11 is 0. The van der Waals surface area contributed by atoms with Crippen molar-refractivity contribution in [1.82, 2.24) is 0 Å². The van der Waals surface area contributed by atoms with Crippen molar-refractivity contribution in [2.24, 2.45) is 23.2 Å². The first-order chi connectivity index (χ1) is 6.72. The lowest BCUT2D eigenvalue weighted by Crippen LogP contribution is -2.48. The zero-order valence-electron chi connectivity index (χ0n) is 9.68. The molecule has 0 atom stereocenters. The number of rotatable bonds is 2. The maximum absolute atomic E-state index is 2.44. The maximum atomic E-state index is 2.44. The first kappa shape index (κ1) is 9.24. The summed E-state index contributed by atoms with van der Waals surface area (Å²) < 4.78 is 0. The highest BCUT2D eigenvalue weighted by atomic mass is 14.6. The van der Waals surface area contributed by atoms with Crippen LogP contribution in [0.1, 0.15) is 58.8 Å². The van der Waals surface area contributed by atoms with Crippen LogP contribution in [0.4, 0.5) is 0 Å². The monoisotopic (exact) mass is 191 g/mol. The molecule has 0 N–H and O–H groups in total. The van der Waals surface area contributed by atoms with Gasteiger partial charge in [-0.25, -0.2) is 0 Å². The first-order valence-corrected chi connectivity index (χ1v) is 6.55. The van der Waals surface area contributed by atoms with Gasteiger partial charge >= 0.3 is 0 Å². The molecule has 1 radical (unpaired) electrons. The zero-order valence-corrected chi connectivity index (χ0v) is 9.68. The molecule has 0 heteroatoms. The lowest BCUT2D eigenvalue weighted by molar-refractivity contribution is -0.0446. The van der Waals surface area contributed by atoms with Crippen LogP contribution in [0.5, 0.6) is 0 Å². The second kappa shape index (κ2) is 3.00. The molecule has 4 bridgehead atoms. The molecule has 4 fully saturated rings. The summed E-state index contributed by atoms with van der Waals surface area (Å²) in [5.41, 5.74) is 0.726. The van der Waals surface area contributed by atoms with Crippen LogP contribution in [0.2, 0.25) is 0 Å². The maximum Gasteiger partial charge on any atom is -0.0213 e. The van der Waals surface area contributed by atoms with Crippen molar-refractivity contribution in [2.75, 3.05) is 0 Å². The van der Waals surface area contributed by atoms with Crippen molar-refractivity contribution in [3.8, 4) is 0 Å². The fourth-order valence-electron chi connectivity index (χ4n) is 5.01. The Labute approximate surface area is 88.5 Å². The molecule has 4 aliphatic carbocycles. The number of hydrogen-bond donors (Lipinski definition) is 0. The van der Waals surface area contributed by atoms with Gasteiger partial charge in [0.05, 0.1) is 0 Å². The Kier molecular flexibility index (Phi) is 1.98. The highest BCUT2D eigenvalue weighted by Gasteiger charge is 2.52. The van der Waals surface area contributed by atoms with Gasteiger partial charge in [0, 0.05) is 0 Å². The van der Waals surface area contributed by atoms with Crippen LogP contribution in [0.3, 0.4) is 0 Å². The molecule has 0 aromatic rings. The van der Waals surface area contributed by atoms with Gasteiger partial charge in [0.25, 0.3) is 0 Å². The van der Waals surface area contributed by atoms with Gasteiger partial charge in [0.1, 0.15) is 0 Å². The van der Waals surface area contributed by atoms with Gasteiger partial charge in [-0.05, 0) is 74.0 Å². The Morgan fingerprint density at radius 2 is 1.43 bits per heavy atom. The summed E-state index contributed by atoms with van der Waals surface area (Å²) in [6, 6.07) is 0. The van der Waals surface area contributed by atoms with E-state index in [1.54, 1.807) is 38.5 Å². The Morgan fingerprint density at radius 1 is 1.00 bits per heavy atom. The average Bonchev–Trinajstić information content (AvgIpc) is 2.14. The van der Waals surface area contributed by atoms with Gasteiger partial charge < -0.3 is 0 Å². The molecular weight excluding hydrogens is 168 g/mol. The van der Waals surface area contributed by atoms with Crippen LogP contribution in [-0.2, 0) is 0 Å². The van der Waals surface area contributed by atoms with Crippen molar-refractivity contribution in [3.63, 3.8) is 0 Å². The fourth-order valence-corrected chi connectivity index (χ4v) is 5.01. The molecule has 0 unspecified atom stereocenters. The van der Waals surface area contributed by atoms with Gasteiger partial charge in [-0.15, -0.1) is 0 Å². The Balaban J connectivity index is 1.87. The predicted molar refractivity (Wildman–Crippen MR) is 59.8 cm³/mol. The molecule has 4 saturated carbocycles. The van der Waals surface area contributed by atoms with E-state index >= 15 is 0 Å². The minimum Gasteiger partial charge on any atom is -0.0648 e. The second-order valence-corrected chi connectivity index (χ2v) is 6.33. The Morgan fingerprint density at radius 3 is 1.79 bits per heavy atom. The van der Waals surface area contributed by atoms with Gasteiger partial charge in [-0.3, -0.25) is 0 Å². The van der Waals surface area contributed by atoms with E-state index in [-0.39, 0.29) is 0 Å². The molecule has 0 heterocycles. The van der Waals surface area contributed by atoms with Crippen LogP contribution >= 0.6 is 0 Å². The average molecular weight is 191 g/mol. The summed E-state index contributed by atoms with van der Waals surface area (Å²) in [4.78, 5) is 0. The van der Waals surface area contributed by atoms with Crippen LogP contribution in [-0.4, -0.2) is 0 Å². The highest BCUT2D eigenvalue weighted by Crippen LogP contribution is 2.63. The molecule has 0 amide bonds. The predicted octanol–water partition coefficient (Wildman–Crippen LogP) is 4.21. The summed E-state index contributed by atoms with van der Waals surface area (Å²) in [5, 5.41) is 0. The van der Waals surface area contributed by atoms with Crippen molar-refractivity contribution in [2.45, 2.75) is 58.8 Å². The normalized spacial score (nSPS) is 50.4. The zero-order chi connectivity index (χ0) is 9.76. The summed E-state index contributed by atoms with van der Waals surface area (Å²) in [6.45, 7) is 4.79. The van der Waals surface area contributed by atoms with Crippen LogP contribution in [0.25, 0.3) is 0 Å².